The molecule has 7 nitrogen and oxygen atoms in total. The molecular formula is C26H30FN3O4. The highest BCUT2D eigenvalue weighted by molar-refractivity contribution is 6.14. The van der Waals surface area contributed by atoms with Gasteiger partial charge in [-0.15, -0.1) is 0 Å². The van der Waals surface area contributed by atoms with Crippen molar-refractivity contribution in [1.29, 1.82) is 0 Å². The number of benzene rings is 2. The van der Waals surface area contributed by atoms with Crippen molar-refractivity contribution in [1.82, 2.24) is 15.1 Å². The van der Waals surface area contributed by atoms with Gasteiger partial charge in [0.2, 0.25) is 0 Å². The Kier molecular flexibility index (Phi) is 9.48. The van der Waals surface area contributed by atoms with E-state index in [0.29, 0.717) is 18.7 Å². The summed E-state index contributed by atoms with van der Waals surface area (Å²) in [6, 6.07) is 14.2. The van der Waals surface area contributed by atoms with E-state index < -0.39 is 29.7 Å². The van der Waals surface area contributed by atoms with Crippen LogP contribution in [0.25, 0.3) is 0 Å². The second-order valence-corrected chi connectivity index (χ2v) is 8.05. The first-order valence-corrected chi connectivity index (χ1v) is 10.8. The lowest BCUT2D eigenvalue weighted by Gasteiger charge is -2.35. The predicted molar refractivity (Wildman–Crippen MR) is 128 cm³/mol. The molecule has 0 aliphatic rings. The largest absolute Gasteiger partial charge is 0.388 e. The van der Waals surface area contributed by atoms with Crippen molar-refractivity contribution >= 4 is 17.6 Å². The lowest BCUT2D eigenvalue weighted by atomic mass is 9.92. The molecule has 0 aliphatic carbocycles. The number of likely N-dealkylation sites (N-methyl/N-ethyl adjacent to an activating group) is 2. The van der Waals surface area contributed by atoms with Gasteiger partial charge in [-0.25, -0.2) is 4.39 Å². The Bertz CT molecular complexity index is 1060. The molecule has 34 heavy (non-hydrogen) atoms. The van der Waals surface area contributed by atoms with Gasteiger partial charge in [0.25, 0.3) is 11.8 Å². The van der Waals surface area contributed by atoms with Crippen molar-refractivity contribution in [3.63, 3.8) is 0 Å². The summed E-state index contributed by atoms with van der Waals surface area (Å²) >= 11 is 0. The normalized spacial score (nSPS) is 12.3. The minimum atomic E-state index is -1.84. The van der Waals surface area contributed by atoms with Gasteiger partial charge in [-0.2, -0.15) is 0 Å². The first-order chi connectivity index (χ1) is 16.2. The fourth-order valence-corrected chi connectivity index (χ4v) is 3.33. The van der Waals surface area contributed by atoms with Gasteiger partial charge in [0.15, 0.2) is 11.3 Å². The summed E-state index contributed by atoms with van der Waals surface area (Å²) < 4.78 is 12.4. The Hall–Kier alpha value is -3.54. The van der Waals surface area contributed by atoms with Crippen LogP contribution < -0.4 is 5.32 Å². The van der Waals surface area contributed by atoms with Crippen LogP contribution in [0.15, 0.2) is 48.5 Å². The molecule has 8 heteroatoms. The lowest BCUT2D eigenvalue weighted by Crippen LogP contribution is -2.62. The molecule has 2 N–H and O–H groups in total. The third kappa shape index (κ3) is 6.28. The molecule has 0 spiro atoms. The van der Waals surface area contributed by atoms with Gasteiger partial charge in [0.05, 0.1) is 0 Å². The third-order valence-electron chi connectivity index (χ3n) is 5.69. The number of aliphatic hydroxyl groups excluding tert-OH is 1. The van der Waals surface area contributed by atoms with Gasteiger partial charge in [0, 0.05) is 43.9 Å². The number of alkyl halides is 1. The number of carbonyl (C=O) groups is 3. The van der Waals surface area contributed by atoms with Crippen LogP contribution in [-0.4, -0.2) is 79.0 Å². The Labute approximate surface area is 199 Å². The summed E-state index contributed by atoms with van der Waals surface area (Å²) in [5.74, 6) is 4.08. The minimum Gasteiger partial charge on any atom is -0.388 e. The van der Waals surface area contributed by atoms with Gasteiger partial charge in [-0.1, -0.05) is 24.0 Å². The maximum atomic E-state index is 12.9. The predicted octanol–water partition coefficient (Wildman–Crippen LogP) is 1.63. The number of rotatable bonds is 9. The number of aliphatic hydroxyl groups is 1. The van der Waals surface area contributed by atoms with Crippen LogP contribution in [0.5, 0.6) is 0 Å². The molecule has 1 atom stereocenters. The molecule has 2 aromatic carbocycles. The average Bonchev–Trinajstić information content (AvgIpc) is 2.86. The molecule has 0 saturated carbocycles. The van der Waals surface area contributed by atoms with Crippen molar-refractivity contribution in [3.8, 4) is 11.8 Å². The molecule has 0 heterocycles. The lowest BCUT2D eigenvalue weighted by molar-refractivity contribution is -0.143. The minimum absolute atomic E-state index is 0.274. The Balaban J connectivity index is 2.13. The molecule has 2 aromatic rings. The maximum absolute atomic E-state index is 12.9. The summed E-state index contributed by atoms with van der Waals surface area (Å²) in [4.78, 5) is 40.4. The van der Waals surface area contributed by atoms with Crippen LogP contribution in [0.4, 0.5) is 4.39 Å². The van der Waals surface area contributed by atoms with Crippen LogP contribution in [0.3, 0.4) is 0 Å². The molecule has 1 unspecified atom stereocenters. The summed E-state index contributed by atoms with van der Waals surface area (Å²) in [5, 5.41) is 11.6. The van der Waals surface area contributed by atoms with Gasteiger partial charge in [-0.3, -0.25) is 19.3 Å². The maximum Gasteiger partial charge on any atom is 0.254 e. The van der Waals surface area contributed by atoms with Crippen molar-refractivity contribution in [3.05, 3.63) is 70.8 Å². The number of nitrogens with zero attached hydrogens (tertiary/aromatic N) is 2. The first-order valence-electron chi connectivity index (χ1n) is 10.8. The highest BCUT2D eigenvalue weighted by Gasteiger charge is 2.46. The van der Waals surface area contributed by atoms with E-state index in [1.807, 2.05) is 36.2 Å². The molecule has 0 bridgehead atoms. The summed E-state index contributed by atoms with van der Waals surface area (Å²) in [6.07, 6.45) is 0. The van der Waals surface area contributed by atoms with Crippen LogP contribution in [0, 0.1) is 11.8 Å². The Morgan fingerprint density at radius 1 is 1.00 bits per heavy atom. The van der Waals surface area contributed by atoms with Gasteiger partial charge < -0.3 is 15.3 Å². The van der Waals surface area contributed by atoms with E-state index >= 15 is 0 Å². The number of halogens is 1. The zero-order chi connectivity index (χ0) is 25.3. The first kappa shape index (κ1) is 26.7. The zero-order valence-corrected chi connectivity index (χ0v) is 19.9. The summed E-state index contributed by atoms with van der Waals surface area (Å²) in [5.41, 5.74) is 1.01. The van der Waals surface area contributed by atoms with E-state index in [-0.39, 0.29) is 12.2 Å². The number of Topliss-reactive ketones (excluding diaryl/α,β-unsaturated/α-hetero) is 1. The zero-order valence-electron chi connectivity index (χ0n) is 19.9. The fourth-order valence-electron chi connectivity index (χ4n) is 3.33. The second kappa shape index (κ2) is 12.1. The van der Waals surface area contributed by atoms with E-state index in [0.717, 1.165) is 16.0 Å². The molecule has 2 rings (SSSR count). The molecule has 0 aromatic heterocycles. The molecule has 0 radical (unpaired) electrons. The van der Waals surface area contributed by atoms with Crippen LogP contribution >= 0.6 is 0 Å². The van der Waals surface area contributed by atoms with Crippen molar-refractivity contribution < 1.29 is 23.9 Å². The number of nitrogens with one attached hydrogen (secondary N) is 1. The summed E-state index contributed by atoms with van der Waals surface area (Å²) in [6.45, 7) is 1.09. The van der Waals surface area contributed by atoms with E-state index in [1.165, 1.54) is 21.0 Å². The van der Waals surface area contributed by atoms with E-state index in [4.69, 9.17) is 0 Å². The van der Waals surface area contributed by atoms with Crippen molar-refractivity contribution in [2.45, 2.75) is 19.0 Å². The number of hydrogen-bond acceptors (Lipinski definition) is 5. The Morgan fingerprint density at radius 3 is 2.00 bits per heavy atom. The van der Waals surface area contributed by atoms with Crippen molar-refractivity contribution in [2.24, 2.45) is 0 Å². The number of ketones is 1. The fraction of sp³-hybridized carbons (Fsp3) is 0.346. The van der Waals surface area contributed by atoms with Crippen molar-refractivity contribution in [2.75, 3.05) is 41.0 Å². The van der Waals surface area contributed by atoms with Crippen LogP contribution in [-0.2, 0) is 16.1 Å². The highest BCUT2D eigenvalue weighted by Crippen LogP contribution is 2.19. The van der Waals surface area contributed by atoms with Gasteiger partial charge >= 0.3 is 0 Å². The standard InChI is InChI=1S/C26H30FN3O4/c1-26(23(32)18-31,25(34)28-2)30(4)24(33)22-13-11-20(12-14-22)6-5-19-7-9-21(10-8-19)17-29(3)16-15-27/h7-14,31H,15-18H2,1-4H3,(H,28,34). The second-order valence-electron chi connectivity index (χ2n) is 8.05. The Morgan fingerprint density at radius 2 is 1.53 bits per heavy atom. The monoisotopic (exact) mass is 467 g/mol. The van der Waals surface area contributed by atoms with Crippen LogP contribution in [0.1, 0.15) is 34.0 Å². The molecule has 0 aliphatic heterocycles. The topological polar surface area (TPSA) is 90.0 Å². The number of hydrogen-bond donors (Lipinski definition) is 2. The van der Waals surface area contributed by atoms with Crippen LogP contribution in [0.2, 0.25) is 0 Å². The van der Waals surface area contributed by atoms with E-state index in [1.54, 1.807) is 24.3 Å². The van der Waals surface area contributed by atoms with E-state index in [2.05, 4.69) is 17.2 Å². The average molecular weight is 468 g/mol. The van der Waals surface area contributed by atoms with E-state index in [9.17, 15) is 23.9 Å². The third-order valence-corrected chi connectivity index (χ3v) is 5.69. The summed E-state index contributed by atoms with van der Waals surface area (Å²) in [7, 11) is 4.57. The number of carbonyl (C=O) groups excluding carboxylic acids is 3. The molecular weight excluding hydrogens is 437 g/mol. The SMILES string of the molecule is CNC(=O)C(C)(C(=O)CO)N(C)C(=O)c1ccc(C#Cc2ccc(CN(C)CCF)cc2)cc1. The molecule has 0 saturated heterocycles. The number of amides is 2. The molecule has 180 valence electrons. The highest BCUT2D eigenvalue weighted by atomic mass is 19.1. The van der Waals surface area contributed by atoms with Gasteiger partial charge in [0.1, 0.15) is 13.3 Å². The molecule has 0 fully saturated rings. The molecule has 2 amide bonds. The smallest absolute Gasteiger partial charge is 0.254 e. The quantitative estimate of drug-likeness (QED) is 0.432. The van der Waals surface area contributed by atoms with Gasteiger partial charge in [-0.05, 0) is 55.9 Å².